The number of aromatic nitrogens is 3. The second kappa shape index (κ2) is 5.78. The largest absolute Gasteiger partial charge is 0.321 e. The lowest BCUT2D eigenvalue weighted by Gasteiger charge is -2.26. The van der Waals surface area contributed by atoms with Gasteiger partial charge >= 0.3 is 0 Å². The molecular weight excluding hydrogens is 284 g/mol. The highest BCUT2D eigenvalue weighted by Crippen LogP contribution is 2.33. The molecule has 0 spiro atoms. The van der Waals surface area contributed by atoms with Gasteiger partial charge in [-0.2, -0.15) is 0 Å². The van der Waals surface area contributed by atoms with Crippen LogP contribution < -0.4 is 5.32 Å². The minimum absolute atomic E-state index is 0.506. The highest BCUT2D eigenvalue weighted by Gasteiger charge is 2.22. The average Bonchev–Trinajstić information content (AvgIpc) is 2.95. The Labute approximate surface area is 136 Å². The molecular formula is C19H22N4. The van der Waals surface area contributed by atoms with Crippen molar-refractivity contribution in [1.82, 2.24) is 19.9 Å². The Morgan fingerprint density at radius 2 is 1.74 bits per heavy atom. The Balaban J connectivity index is 1.96. The van der Waals surface area contributed by atoms with E-state index < -0.39 is 0 Å². The van der Waals surface area contributed by atoms with E-state index in [1.807, 2.05) is 12.4 Å². The lowest BCUT2D eigenvalue weighted by Crippen LogP contribution is -2.29. The molecule has 2 aromatic heterocycles. The van der Waals surface area contributed by atoms with Crippen molar-refractivity contribution in [3.8, 4) is 11.4 Å². The molecule has 118 valence electrons. The van der Waals surface area contributed by atoms with Crippen LogP contribution in [0.25, 0.3) is 22.4 Å². The van der Waals surface area contributed by atoms with Gasteiger partial charge in [-0.15, -0.1) is 0 Å². The minimum atomic E-state index is 0.506. The van der Waals surface area contributed by atoms with E-state index in [4.69, 9.17) is 4.98 Å². The SMILES string of the molecule is Cc1cc2nc(-c3ccncc3)n(C3CCNCC3)c2cc1C. The molecule has 0 atom stereocenters. The average molecular weight is 306 g/mol. The molecule has 1 fully saturated rings. The van der Waals surface area contributed by atoms with Crippen LogP contribution in [-0.4, -0.2) is 27.6 Å². The molecule has 1 saturated heterocycles. The monoisotopic (exact) mass is 306 g/mol. The van der Waals surface area contributed by atoms with Crippen LogP contribution in [0, 0.1) is 13.8 Å². The van der Waals surface area contributed by atoms with Crippen LogP contribution in [0.4, 0.5) is 0 Å². The highest BCUT2D eigenvalue weighted by molar-refractivity contribution is 5.82. The summed E-state index contributed by atoms with van der Waals surface area (Å²) in [6, 6.07) is 9.13. The Kier molecular flexibility index (Phi) is 3.62. The molecule has 1 N–H and O–H groups in total. The van der Waals surface area contributed by atoms with Crippen LogP contribution >= 0.6 is 0 Å². The van der Waals surface area contributed by atoms with Crippen molar-refractivity contribution in [1.29, 1.82) is 0 Å². The molecule has 1 aromatic carbocycles. The van der Waals surface area contributed by atoms with E-state index in [-0.39, 0.29) is 0 Å². The molecule has 0 amide bonds. The standard InChI is InChI=1S/C19H22N4/c1-13-11-17-18(12-14(13)2)23(16-5-9-21-10-6-16)19(22-17)15-3-7-20-8-4-15/h3-4,7-8,11-12,16,21H,5-6,9-10H2,1-2H3. The predicted molar refractivity (Wildman–Crippen MR) is 93.6 cm³/mol. The van der Waals surface area contributed by atoms with Crippen molar-refractivity contribution in [2.45, 2.75) is 32.7 Å². The van der Waals surface area contributed by atoms with Gasteiger partial charge in [0.25, 0.3) is 0 Å². The molecule has 0 saturated carbocycles. The lowest BCUT2D eigenvalue weighted by atomic mass is 10.0. The summed E-state index contributed by atoms with van der Waals surface area (Å²) >= 11 is 0. The molecule has 0 radical (unpaired) electrons. The summed E-state index contributed by atoms with van der Waals surface area (Å²) in [5, 5.41) is 3.46. The number of rotatable bonds is 2. The maximum absolute atomic E-state index is 4.97. The van der Waals surface area contributed by atoms with Gasteiger partial charge in [-0.3, -0.25) is 4.98 Å². The van der Waals surface area contributed by atoms with E-state index >= 15 is 0 Å². The van der Waals surface area contributed by atoms with E-state index in [0.717, 1.165) is 42.8 Å². The van der Waals surface area contributed by atoms with Gasteiger partial charge in [0.1, 0.15) is 5.82 Å². The number of hydrogen-bond donors (Lipinski definition) is 1. The van der Waals surface area contributed by atoms with Crippen LogP contribution in [-0.2, 0) is 0 Å². The third-order valence-electron chi connectivity index (χ3n) is 4.92. The Hall–Kier alpha value is -2.20. The lowest BCUT2D eigenvalue weighted by molar-refractivity contribution is 0.377. The van der Waals surface area contributed by atoms with Gasteiger partial charge < -0.3 is 9.88 Å². The third-order valence-corrected chi connectivity index (χ3v) is 4.92. The van der Waals surface area contributed by atoms with Gasteiger partial charge in [0.05, 0.1) is 11.0 Å². The van der Waals surface area contributed by atoms with E-state index in [1.165, 1.54) is 16.6 Å². The van der Waals surface area contributed by atoms with Crippen molar-refractivity contribution >= 4 is 11.0 Å². The zero-order valence-electron chi connectivity index (χ0n) is 13.7. The summed E-state index contributed by atoms with van der Waals surface area (Å²) < 4.78 is 2.46. The molecule has 3 heterocycles. The number of benzene rings is 1. The summed E-state index contributed by atoms with van der Waals surface area (Å²) in [6.45, 7) is 6.49. The predicted octanol–water partition coefficient (Wildman–Crippen LogP) is 3.64. The van der Waals surface area contributed by atoms with Crippen molar-refractivity contribution in [2.75, 3.05) is 13.1 Å². The normalized spacial score (nSPS) is 16.1. The number of imidazole rings is 1. The number of fused-ring (bicyclic) bond motifs is 1. The molecule has 1 aliphatic heterocycles. The summed E-state index contributed by atoms with van der Waals surface area (Å²) in [4.78, 5) is 9.12. The summed E-state index contributed by atoms with van der Waals surface area (Å²) in [5.74, 6) is 1.07. The molecule has 23 heavy (non-hydrogen) atoms. The summed E-state index contributed by atoms with van der Waals surface area (Å²) in [7, 11) is 0. The quantitative estimate of drug-likeness (QED) is 0.786. The fourth-order valence-corrected chi connectivity index (χ4v) is 3.49. The number of hydrogen-bond acceptors (Lipinski definition) is 3. The Morgan fingerprint density at radius 1 is 1.04 bits per heavy atom. The van der Waals surface area contributed by atoms with E-state index in [0.29, 0.717) is 6.04 Å². The second-order valence-electron chi connectivity index (χ2n) is 6.45. The zero-order chi connectivity index (χ0) is 15.8. The number of piperidine rings is 1. The zero-order valence-corrected chi connectivity index (χ0v) is 13.7. The first-order valence-electron chi connectivity index (χ1n) is 8.34. The van der Waals surface area contributed by atoms with Gasteiger partial charge in [-0.1, -0.05) is 0 Å². The molecule has 3 aromatic rings. The maximum atomic E-state index is 4.97. The first-order chi connectivity index (χ1) is 11.2. The van der Waals surface area contributed by atoms with Gasteiger partial charge in [0, 0.05) is 24.0 Å². The topological polar surface area (TPSA) is 42.7 Å². The highest BCUT2D eigenvalue weighted by atomic mass is 15.1. The number of nitrogens with zero attached hydrogens (tertiary/aromatic N) is 3. The Morgan fingerprint density at radius 3 is 2.48 bits per heavy atom. The van der Waals surface area contributed by atoms with Crippen LogP contribution in [0.3, 0.4) is 0 Å². The van der Waals surface area contributed by atoms with Crippen molar-refractivity contribution in [3.05, 3.63) is 47.8 Å². The van der Waals surface area contributed by atoms with Crippen molar-refractivity contribution < 1.29 is 0 Å². The van der Waals surface area contributed by atoms with Gasteiger partial charge in [-0.25, -0.2) is 4.98 Å². The first-order valence-corrected chi connectivity index (χ1v) is 8.34. The molecule has 0 bridgehead atoms. The number of aryl methyl sites for hydroxylation is 2. The van der Waals surface area contributed by atoms with E-state index in [9.17, 15) is 0 Å². The van der Waals surface area contributed by atoms with E-state index in [2.05, 4.69) is 53.0 Å². The van der Waals surface area contributed by atoms with Crippen LogP contribution in [0.15, 0.2) is 36.7 Å². The third kappa shape index (κ3) is 2.53. The van der Waals surface area contributed by atoms with Crippen LogP contribution in [0.5, 0.6) is 0 Å². The molecule has 4 heteroatoms. The first kappa shape index (κ1) is 14.4. The van der Waals surface area contributed by atoms with Crippen LogP contribution in [0.1, 0.15) is 30.0 Å². The molecule has 4 rings (SSSR count). The fraction of sp³-hybridized carbons (Fsp3) is 0.368. The molecule has 0 aliphatic carbocycles. The molecule has 1 aliphatic rings. The van der Waals surface area contributed by atoms with Gasteiger partial charge in [0.15, 0.2) is 0 Å². The maximum Gasteiger partial charge on any atom is 0.141 e. The van der Waals surface area contributed by atoms with Gasteiger partial charge in [0.2, 0.25) is 0 Å². The smallest absolute Gasteiger partial charge is 0.141 e. The summed E-state index contributed by atoms with van der Waals surface area (Å²) in [5.41, 5.74) is 6.12. The number of pyridine rings is 1. The van der Waals surface area contributed by atoms with Crippen LogP contribution in [0.2, 0.25) is 0 Å². The number of nitrogens with one attached hydrogen (secondary N) is 1. The molecule has 4 nitrogen and oxygen atoms in total. The van der Waals surface area contributed by atoms with Crippen molar-refractivity contribution in [2.24, 2.45) is 0 Å². The summed E-state index contributed by atoms with van der Waals surface area (Å²) in [6.07, 6.45) is 5.99. The molecule has 0 unspecified atom stereocenters. The van der Waals surface area contributed by atoms with Gasteiger partial charge in [-0.05, 0) is 75.2 Å². The fourth-order valence-electron chi connectivity index (χ4n) is 3.49. The van der Waals surface area contributed by atoms with E-state index in [1.54, 1.807) is 0 Å². The minimum Gasteiger partial charge on any atom is -0.321 e. The second-order valence-corrected chi connectivity index (χ2v) is 6.45. The Bertz CT molecular complexity index is 829. The van der Waals surface area contributed by atoms with Crippen molar-refractivity contribution in [3.63, 3.8) is 0 Å².